The highest BCUT2D eigenvalue weighted by atomic mass is 19.1. The van der Waals surface area contributed by atoms with Crippen LogP contribution in [0.1, 0.15) is 29.4 Å². The van der Waals surface area contributed by atoms with E-state index in [4.69, 9.17) is 9.26 Å². The summed E-state index contributed by atoms with van der Waals surface area (Å²) in [6, 6.07) is 21.9. The molecule has 1 aromatic heterocycles. The molecule has 7 heteroatoms. The van der Waals surface area contributed by atoms with Crippen molar-refractivity contribution >= 4 is 11.6 Å². The molecule has 1 aliphatic rings. The Kier molecular flexibility index (Phi) is 5.60. The molecule has 1 atom stereocenters. The largest absolute Gasteiger partial charge is 0.489 e. The molecule has 5 rings (SSSR count). The summed E-state index contributed by atoms with van der Waals surface area (Å²) in [5, 5.41) is 4.09. The number of halogens is 1. The van der Waals surface area contributed by atoms with Crippen LogP contribution in [-0.4, -0.2) is 22.6 Å². The maximum absolute atomic E-state index is 13.7. The van der Waals surface area contributed by atoms with E-state index in [1.54, 1.807) is 11.0 Å². The molecule has 0 N–H and O–H groups in total. The van der Waals surface area contributed by atoms with Gasteiger partial charge in [-0.1, -0.05) is 41.6 Å². The zero-order chi connectivity index (χ0) is 22.8. The second-order valence-electron chi connectivity index (χ2n) is 8.09. The number of hydrogen-bond donors (Lipinski definition) is 0. The van der Waals surface area contributed by atoms with Crippen molar-refractivity contribution in [1.29, 1.82) is 0 Å². The van der Waals surface area contributed by atoms with Gasteiger partial charge in [0.2, 0.25) is 17.6 Å². The molecule has 1 amide bonds. The first-order valence-electron chi connectivity index (χ1n) is 10.7. The topological polar surface area (TPSA) is 68.5 Å². The maximum atomic E-state index is 13.7. The quantitative estimate of drug-likeness (QED) is 0.405. The van der Waals surface area contributed by atoms with Gasteiger partial charge >= 0.3 is 0 Å². The zero-order valence-corrected chi connectivity index (χ0v) is 18.1. The number of hydrogen-bond acceptors (Lipinski definition) is 5. The van der Waals surface area contributed by atoms with Crippen molar-refractivity contribution < 1.29 is 18.4 Å². The number of aromatic nitrogens is 2. The molecule has 166 valence electrons. The third-order valence-electron chi connectivity index (χ3n) is 5.74. The van der Waals surface area contributed by atoms with Gasteiger partial charge in [0.25, 0.3) is 0 Å². The van der Waals surface area contributed by atoms with E-state index in [1.807, 2.05) is 61.5 Å². The minimum atomic E-state index is -0.372. The molecule has 1 unspecified atom stereocenters. The van der Waals surface area contributed by atoms with Crippen molar-refractivity contribution in [3.05, 3.63) is 95.6 Å². The number of rotatable bonds is 6. The number of benzene rings is 3. The summed E-state index contributed by atoms with van der Waals surface area (Å²) in [5.74, 6) is 0.895. The van der Waals surface area contributed by atoms with E-state index >= 15 is 0 Å². The molecule has 0 radical (unpaired) electrons. The maximum Gasteiger partial charge on any atom is 0.232 e. The van der Waals surface area contributed by atoms with Crippen molar-refractivity contribution in [3.8, 4) is 17.1 Å². The van der Waals surface area contributed by atoms with Gasteiger partial charge in [-0.25, -0.2) is 4.39 Å². The van der Waals surface area contributed by atoms with E-state index in [9.17, 15) is 9.18 Å². The van der Waals surface area contributed by atoms with Gasteiger partial charge in [0.1, 0.15) is 18.2 Å². The summed E-state index contributed by atoms with van der Waals surface area (Å²) in [5.41, 5.74) is 3.30. The molecule has 2 heterocycles. The zero-order valence-electron chi connectivity index (χ0n) is 18.1. The molecule has 1 aliphatic heterocycles. The van der Waals surface area contributed by atoms with Crippen molar-refractivity contribution in [2.75, 3.05) is 11.4 Å². The predicted octanol–water partition coefficient (Wildman–Crippen LogP) is 5.28. The molecule has 0 saturated carbocycles. The summed E-state index contributed by atoms with van der Waals surface area (Å²) < 4.78 is 25.0. The summed E-state index contributed by atoms with van der Waals surface area (Å²) in [7, 11) is 0. The molecule has 33 heavy (non-hydrogen) atoms. The molecule has 0 aliphatic carbocycles. The smallest absolute Gasteiger partial charge is 0.232 e. The lowest BCUT2D eigenvalue weighted by Crippen LogP contribution is -2.25. The van der Waals surface area contributed by atoms with Gasteiger partial charge in [-0.15, -0.1) is 0 Å². The van der Waals surface area contributed by atoms with Crippen molar-refractivity contribution in [1.82, 2.24) is 10.1 Å². The minimum Gasteiger partial charge on any atom is -0.489 e. The van der Waals surface area contributed by atoms with Crippen molar-refractivity contribution in [2.24, 2.45) is 0 Å². The molecule has 4 aromatic rings. The number of aryl methyl sites for hydroxylation is 1. The third-order valence-corrected chi connectivity index (χ3v) is 5.74. The standard InChI is InChI=1S/C26H22FN3O3/c1-17-7-10-21(27)14-23(17)30-15-20(13-24(30)31)26-28-25(29-33-26)19-8-11-22(12-9-19)32-16-18-5-3-2-4-6-18/h2-12,14,20H,13,15-16H2,1H3. The van der Waals surface area contributed by atoms with E-state index in [-0.39, 0.29) is 24.1 Å². The molecular formula is C26H22FN3O3. The Bertz CT molecular complexity index is 1270. The number of amides is 1. The first kappa shape index (κ1) is 20.9. The Morgan fingerprint density at radius 1 is 1.09 bits per heavy atom. The van der Waals surface area contributed by atoms with E-state index in [0.717, 1.165) is 22.4 Å². The molecule has 0 bridgehead atoms. The van der Waals surface area contributed by atoms with E-state index in [0.29, 0.717) is 30.6 Å². The molecule has 1 saturated heterocycles. The van der Waals surface area contributed by atoms with Crippen molar-refractivity contribution in [2.45, 2.75) is 25.9 Å². The number of anilines is 1. The first-order valence-corrected chi connectivity index (χ1v) is 10.7. The molecular weight excluding hydrogens is 421 g/mol. The van der Waals surface area contributed by atoms with Crippen LogP contribution in [0.2, 0.25) is 0 Å². The van der Waals surface area contributed by atoms with Crippen LogP contribution in [-0.2, 0) is 11.4 Å². The number of ether oxygens (including phenoxy) is 1. The predicted molar refractivity (Wildman–Crippen MR) is 121 cm³/mol. The Labute approximate surface area is 190 Å². The summed E-state index contributed by atoms with van der Waals surface area (Å²) in [4.78, 5) is 18.7. The number of nitrogens with zero attached hydrogens (tertiary/aromatic N) is 3. The summed E-state index contributed by atoms with van der Waals surface area (Å²) in [6.45, 7) is 2.72. The van der Waals surface area contributed by atoms with Gasteiger partial charge in [-0.05, 0) is 54.4 Å². The van der Waals surface area contributed by atoms with Crippen LogP contribution in [0.25, 0.3) is 11.4 Å². The second kappa shape index (κ2) is 8.86. The van der Waals surface area contributed by atoms with Gasteiger partial charge < -0.3 is 14.2 Å². The minimum absolute atomic E-state index is 0.0895. The van der Waals surface area contributed by atoms with Gasteiger partial charge in [-0.2, -0.15) is 4.98 Å². The number of carbonyl (C=O) groups excluding carboxylic acids is 1. The van der Waals surface area contributed by atoms with Gasteiger partial charge in [0, 0.05) is 24.2 Å². The Hall–Kier alpha value is -4.00. The SMILES string of the molecule is Cc1ccc(F)cc1N1CC(c2nc(-c3ccc(OCc4ccccc4)cc3)no2)CC1=O. The highest BCUT2D eigenvalue weighted by Crippen LogP contribution is 2.34. The van der Waals surface area contributed by atoms with Crippen LogP contribution < -0.4 is 9.64 Å². The van der Waals surface area contributed by atoms with Gasteiger partial charge in [0.05, 0.1) is 5.92 Å². The lowest BCUT2D eigenvalue weighted by molar-refractivity contribution is -0.117. The molecule has 0 spiro atoms. The Morgan fingerprint density at radius 2 is 1.88 bits per heavy atom. The molecule has 6 nitrogen and oxygen atoms in total. The molecule has 3 aromatic carbocycles. The fraction of sp³-hybridized carbons (Fsp3) is 0.192. The third kappa shape index (κ3) is 4.48. The van der Waals surface area contributed by atoms with Crippen LogP contribution in [0, 0.1) is 12.7 Å². The monoisotopic (exact) mass is 443 g/mol. The second-order valence-corrected chi connectivity index (χ2v) is 8.09. The van der Waals surface area contributed by atoms with Crippen LogP contribution in [0.3, 0.4) is 0 Å². The summed E-state index contributed by atoms with van der Waals surface area (Å²) in [6.07, 6.45) is 0.240. The lowest BCUT2D eigenvalue weighted by Gasteiger charge is -2.18. The lowest BCUT2D eigenvalue weighted by atomic mass is 10.1. The highest BCUT2D eigenvalue weighted by molar-refractivity contribution is 5.97. The average molecular weight is 443 g/mol. The first-order chi connectivity index (χ1) is 16.1. The van der Waals surface area contributed by atoms with E-state index < -0.39 is 0 Å². The number of carbonyl (C=O) groups is 1. The Balaban J connectivity index is 1.26. The average Bonchev–Trinajstić information content (AvgIpc) is 3.47. The highest BCUT2D eigenvalue weighted by Gasteiger charge is 2.35. The van der Waals surface area contributed by atoms with E-state index in [2.05, 4.69) is 10.1 Å². The Morgan fingerprint density at radius 3 is 2.67 bits per heavy atom. The molecule has 1 fully saturated rings. The van der Waals surface area contributed by atoms with Crippen LogP contribution in [0.4, 0.5) is 10.1 Å². The fourth-order valence-corrected chi connectivity index (χ4v) is 3.94. The van der Waals surface area contributed by atoms with Crippen molar-refractivity contribution in [3.63, 3.8) is 0 Å². The fourth-order valence-electron chi connectivity index (χ4n) is 3.94. The van der Waals surface area contributed by atoms with Gasteiger partial charge in [-0.3, -0.25) is 4.79 Å². The van der Waals surface area contributed by atoms with Crippen LogP contribution in [0.15, 0.2) is 77.3 Å². The van der Waals surface area contributed by atoms with E-state index in [1.165, 1.54) is 12.1 Å². The van der Waals surface area contributed by atoms with Gasteiger partial charge in [0.15, 0.2) is 0 Å². The normalized spacial score (nSPS) is 15.8. The van der Waals surface area contributed by atoms with Crippen LogP contribution >= 0.6 is 0 Å². The van der Waals surface area contributed by atoms with Crippen LogP contribution in [0.5, 0.6) is 5.75 Å². The summed E-state index contributed by atoms with van der Waals surface area (Å²) >= 11 is 0.